The number of amides is 1. The Bertz CT molecular complexity index is 2170. The standard InChI is InChI=1S/C45H49N8O4P/c1-32(2)53(33(3)4)58(55-27-17-26-46)56-29-39-38(51-45(35-20-11-6-12-21-35,36-22-13-7-14-23-36)37-24-15-8-16-25-37)28-40(57-39)52-31-49-41-42(47-30-48-43(41)52)50-44(54)34-18-9-5-10-19-34/h5-16,18-25,30-33,38-40,51H,17,27-29H2,1-4H3,(H,47,48,50,54)/t38-,39+,40+,58?/m0/s1. The number of benzene rings is 4. The second-order valence-corrected chi connectivity index (χ2v) is 16.1. The molecule has 1 saturated heterocycles. The fourth-order valence-electron chi connectivity index (χ4n) is 7.67. The van der Waals surface area contributed by atoms with Crippen molar-refractivity contribution in [3.05, 3.63) is 156 Å². The van der Waals surface area contributed by atoms with Crippen LogP contribution in [0.5, 0.6) is 0 Å². The molecule has 3 heterocycles. The minimum atomic E-state index is -1.54. The van der Waals surface area contributed by atoms with Crippen LogP contribution in [0.4, 0.5) is 5.82 Å². The number of hydrogen-bond acceptors (Lipinski definition) is 10. The molecule has 0 saturated carbocycles. The SMILES string of the molecule is CC(C)N(C(C)C)P(OCCC#N)OC[C@H]1O[C@@H](n2cnc3c(NC(=O)c4ccccc4)ncnc32)C[C@@H]1NC(c1ccccc1)(c1ccccc1)c1ccccc1. The number of nitrogens with one attached hydrogen (secondary N) is 2. The molecular weight excluding hydrogens is 748 g/mol. The smallest absolute Gasteiger partial charge is 0.259 e. The Morgan fingerprint density at radius 2 is 1.43 bits per heavy atom. The maximum Gasteiger partial charge on any atom is 0.259 e. The van der Waals surface area contributed by atoms with Crippen molar-refractivity contribution in [2.24, 2.45) is 0 Å². The second kappa shape index (κ2) is 18.9. The summed E-state index contributed by atoms with van der Waals surface area (Å²) in [5.74, 6) is 0.0159. The molecule has 2 aromatic heterocycles. The predicted octanol–water partition coefficient (Wildman–Crippen LogP) is 8.61. The van der Waals surface area contributed by atoms with Crippen LogP contribution in [0.25, 0.3) is 11.2 Å². The number of ether oxygens (including phenoxy) is 1. The first-order valence-electron chi connectivity index (χ1n) is 19.6. The third kappa shape index (κ3) is 8.86. The summed E-state index contributed by atoms with van der Waals surface area (Å²) in [6.45, 7) is 8.95. The highest BCUT2D eigenvalue weighted by Crippen LogP contribution is 2.48. The van der Waals surface area contributed by atoms with E-state index in [9.17, 15) is 10.1 Å². The average molecular weight is 797 g/mol. The average Bonchev–Trinajstić information content (AvgIpc) is 3.87. The van der Waals surface area contributed by atoms with Gasteiger partial charge in [0.05, 0.1) is 43.7 Å². The van der Waals surface area contributed by atoms with Gasteiger partial charge in [0.25, 0.3) is 14.4 Å². The van der Waals surface area contributed by atoms with Crippen LogP contribution < -0.4 is 10.6 Å². The summed E-state index contributed by atoms with van der Waals surface area (Å²) in [6, 6.07) is 42.6. The van der Waals surface area contributed by atoms with Crippen molar-refractivity contribution in [1.82, 2.24) is 29.5 Å². The zero-order valence-corrected chi connectivity index (χ0v) is 34.1. The number of aromatic nitrogens is 4. The third-order valence-electron chi connectivity index (χ3n) is 10.2. The molecule has 58 heavy (non-hydrogen) atoms. The van der Waals surface area contributed by atoms with E-state index in [4.69, 9.17) is 18.8 Å². The van der Waals surface area contributed by atoms with Gasteiger partial charge in [0.15, 0.2) is 17.0 Å². The Morgan fingerprint density at radius 3 is 1.98 bits per heavy atom. The van der Waals surface area contributed by atoms with Crippen molar-refractivity contribution in [2.45, 2.75) is 76.5 Å². The number of hydrogen-bond donors (Lipinski definition) is 2. The number of anilines is 1. The first-order valence-corrected chi connectivity index (χ1v) is 20.8. The minimum absolute atomic E-state index is 0.134. The highest BCUT2D eigenvalue weighted by Gasteiger charge is 2.45. The van der Waals surface area contributed by atoms with Crippen LogP contribution in [0, 0.1) is 11.3 Å². The molecule has 12 nitrogen and oxygen atoms in total. The van der Waals surface area contributed by atoms with Gasteiger partial charge in [0.1, 0.15) is 12.6 Å². The molecule has 1 amide bonds. The number of rotatable bonds is 17. The number of nitriles is 1. The van der Waals surface area contributed by atoms with E-state index >= 15 is 0 Å². The summed E-state index contributed by atoms with van der Waals surface area (Å²) in [5.41, 5.74) is 3.92. The summed E-state index contributed by atoms with van der Waals surface area (Å²) in [7, 11) is -1.54. The molecule has 1 aliphatic heterocycles. The molecule has 0 radical (unpaired) electrons. The van der Waals surface area contributed by atoms with Crippen molar-refractivity contribution in [3.63, 3.8) is 0 Å². The molecule has 1 fully saturated rings. The molecular formula is C45H49N8O4P. The lowest BCUT2D eigenvalue weighted by Gasteiger charge is -2.40. The van der Waals surface area contributed by atoms with E-state index in [2.05, 4.69) is 132 Å². The fourth-order valence-corrected chi connectivity index (χ4v) is 9.29. The van der Waals surface area contributed by atoms with Crippen molar-refractivity contribution in [2.75, 3.05) is 18.5 Å². The molecule has 1 aliphatic rings. The quantitative estimate of drug-likeness (QED) is 0.0524. The fraction of sp³-hybridized carbons (Fsp3) is 0.311. The van der Waals surface area contributed by atoms with Crippen LogP contribution in [-0.2, 0) is 19.3 Å². The molecule has 4 atom stereocenters. The van der Waals surface area contributed by atoms with Crippen LogP contribution in [0.2, 0.25) is 0 Å². The maximum atomic E-state index is 13.2. The van der Waals surface area contributed by atoms with Crippen molar-refractivity contribution >= 4 is 31.4 Å². The Labute approximate surface area is 341 Å². The highest BCUT2D eigenvalue weighted by atomic mass is 31.2. The van der Waals surface area contributed by atoms with Gasteiger partial charge in [-0.1, -0.05) is 109 Å². The largest absolute Gasteiger partial charge is 0.351 e. The first kappa shape index (κ1) is 40.8. The van der Waals surface area contributed by atoms with Gasteiger partial charge in [0.2, 0.25) is 0 Å². The minimum Gasteiger partial charge on any atom is -0.351 e. The Hall–Kier alpha value is -5.38. The van der Waals surface area contributed by atoms with E-state index in [-0.39, 0.29) is 43.7 Å². The zero-order chi connectivity index (χ0) is 40.5. The van der Waals surface area contributed by atoms with E-state index in [1.54, 1.807) is 18.5 Å². The highest BCUT2D eigenvalue weighted by molar-refractivity contribution is 7.44. The van der Waals surface area contributed by atoms with E-state index in [1.165, 1.54) is 6.33 Å². The summed E-state index contributed by atoms with van der Waals surface area (Å²) in [5, 5.41) is 16.4. The second-order valence-electron chi connectivity index (χ2n) is 14.7. The zero-order valence-electron chi connectivity index (χ0n) is 33.2. The van der Waals surface area contributed by atoms with E-state index in [0.29, 0.717) is 29.0 Å². The van der Waals surface area contributed by atoms with E-state index < -0.39 is 26.4 Å². The topological polar surface area (TPSA) is 139 Å². The lowest BCUT2D eigenvalue weighted by Crippen LogP contribution is -2.53. The molecule has 1 unspecified atom stereocenters. The number of fused-ring (bicyclic) bond motifs is 1. The Balaban J connectivity index is 1.28. The summed E-state index contributed by atoms with van der Waals surface area (Å²) < 4.78 is 24.2. The van der Waals surface area contributed by atoms with Gasteiger partial charge in [-0.15, -0.1) is 0 Å². The lowest BCUT2D eigenvalue weighted by molar-refractivity contribution is -0.0242. The first-order chi connectivity index (χ1) is 28.3. The normalized spacial score (nSPS) is 17.5. The van der Waals surface area contributed by atoms with Crippen LogP contribution in [0.1, 0.15) is 73.8 Å². The van der Waals surface area contributed by atoms with Crippen LogP contribution in [0.3, 0.4) is 0 Å². The third-order valence-corrected chi connectivity index (χ3v) is 12.3. The van der Waals surface area contributed by atoms with Crippen LogP contribution in [0.15, 0.2) is 134 Å². The van der Waals surface area contributed by atoms with Gasteiger partial charge in [-0.3, -0.25) is 14.7 Å². The number of carbonyl (C=O) groups is 1. The van der Waals surface area contributed by atoms with Crippen molar-refractivity contribution < 1.29 is 18.6 Å². The molecule has 6 aromatic rings. The van der Waals surface area contributed by atoms with Gasteiger partial charge in [-0.05, 0) is 56.5 Å². The lowest BCUT2D eigenvalue weighted by atomic mass is 9.76. The van der Waals surface area contributed by atoms with Crippen LogP contribution >= 0.6 is 8.53 Å². The van der Waals surface area contributed by atoms with Gasteiger partial charge >= 0.3 is 0 Å². The molecule has 0 bridgehead atoms. The number of imidazole rings is 1. The molecule has 13 heteroatoms. The van der Waals surface area contributed by atoms with Crippen LogP contribution in [-0.4, -0.2) is 67.5 Å². The monoisotopic (exact) mass is 796 g/mol. The van der Waals surface area contributed by atoms with E-state index in [1.807, 2.05) is 41.0 Å². The molecule has 2 N–H and O–H groups in total. The van der Waals surface area contributed by atoms with Gasteiger partial charge in [-0.2, -0.15) is 5.26 Å². The van der Waals surface area contributed by atoms with Gasteiger partial charge in [0, 0.05) is 30.1 Å². The van der Waals surface area contributed by atoms with Crippen molar-refractivity contribution in [1.29, 1.82) is 5.26 Å². The summed E-state index contributed by atoms with van der Waals surface area (Å²) >= 11 is 0. The summed E-state index contributed by atoms with van der Waals surface area (Å²) in [4.78, 5) is 26.9. The van der Waals surface area contributed by atoms with E-state index in [0.717, 1.165) is 16.7 Å². The Morgan fingerprint density at radius 1 is 0.862 bits per heavy atom. The van der Waals surface area contributed by atoms with Gasteiger partial charge in [-0.25, -0.2) is 19.6 Å². The number of nitrogens with zero attached hydrogens (tertiary/aromatic N) is 6. The molecule has 7 rings (SSSR count). The molecule has 298 valence electrons. The Kier molecular flexibility index (Phi) is 13.3. The van der Waals surface area contributed by atoms with Gasteiger partial charge < -0.3 is 19.1 Å². The molecule has 0 aliphatic carbocycles. The predicted molar refractivity (Wildman–Crippen MR) is 226 cm³/mol. The van der Waals surface area contributed by atoms with Crippen molar-refractivity contribution in [3.8, 4) is 6.07 Å². The maximum absolute atomic E-state index is 13.2. The molecule has 0 spiro atoms. The molecule has 4 aromatic carbocycles. The number of carbonyl (C=O) groups excluding carboxylic acids is 1. The summed E-state index contributed by atoms with van der Waals surface area (Å²) in [6.07, 6.45) is 2.92.